The molecule has 0 spiro atoms. The van der Waals surface area contributed by atoms with Gasteiger partial charge >= 0.3 is 12.1 Å². The first-order valence-corrected chi connectivity index (χ1v) is 36.5. The number of hydrogen-bond acceptors (Lipinski definition) is 14. The van der Waals surface area contributed by atoms with Gasteiger partial charge in [-0.25, -0.2) is 35.9 Å². The van der Waals surface area contributed by atoms with Gasteiger partial charge in [0.05, 0.1) is 74.7 Å². The first-order chi connectivity index (χ1) is 43.6. The molecule has 6 aliphatic rings. The lowest BCUT2D eigenvalue weighted by Crippen LogP contribution is -2.56. The second kappa shape index (κ2) is 33.2. The molecule has 4 fully saturated rings. The Hall–Kier alpha value is -4.24. The number of unbranched alkanes of at least 4 members (excludes halogenated alkanes) is 1. The van der Waals surface area contributed by atoms with Crippen LogP contribution in [-0.4, -0.2) is 167 Å². The molecule has 4 amide bonds. The first kappa shape index (κ1) is 68.6. The Morgan fingerprint density at radius 1 is 0.444 bits per heavy atom. The second-order valence-electron chi connectivity index (χ2n) is 24.0. The average Bonchev–Trinajstić information content (AvgIpc) is 1.61. The zero-order chi connectivity index (χ0) is 63.0. The fourth-order valence-corrected chi connectivity index (χ4v) is 17.3. The van der Waals surface area contributed by atoms with Crippen LogP contribution in [0.1, 0.15) is 124 Å². The lowest BCUT2D eigenvalue weighted by Gasteiger charge is -2.50. The van der Waals surface area contributed by atoms with Crippen molar-refractivity contribution >= 4 is 78.5 Å². The lowest BCUT2D eigenvalue weighted by molar-refractivity contribution is -0.0348. The Bertz CT molecular complexity index is 3230. The maximum atomic E-state index is 13.4. The minimum Gasteiger partial charge on any atom is -0.484 e. The Labute approximate surface area is 550 Å². The van der Waals surface area contributed by atoms with Gasteiger partial charge < -0.3 is 49.7 Å². The van der Waals surface area contributed by atoms with Gasteiger partial charge in [0.15, 0.2) is 0 Å². The highest BCUT2D eigenvalue weighted by molar-refractivity contribution is 7.89. The Balaban J connectivity index is 0.508. The average molecular weight is 1370 g/mol. The van der Waals surface area contributed by atoms with E-state index in [0.29, 0.717) is 81.7 Å². The zero-order valence-corrected chi connectivity index (χ0v) is 55.5. The molecule has 2 aliphatic carbocycles. The molecule has 90 heavy (non-hydrogen) atoms. The minimum absolute atomic E-state index is 0.0577. The van der Waals surface area contributed by atoms with Crippen molar-refractivity contribution in [3.63, 3.8) is 0 Å². The van der Waals surface area contributed by atoms with E-state index in [1.165, 1.54) is 77.0 Å². The molecule has 0 radical (unpaired) electrons. The number of hydrogen-bond donors (Lipinski definition) is 6. The molecular weight excluding hydrogens is 1280 g/mol. The van der Waals surface area contributed by atoms with Crippen LogP contribution in [0.5, 0.6) is 11.5 Å². The summed E-state index contributed by atoms with van der Waals surface area (Å²) in [5, 5.41) is 13.4. The number of halogens is 4. The molecular formula is C64H86Cl4N8O12S2. The number of fused-ring (bicyclic) bond motifs is 6. The van der Waals surface area contributed by atoms with Crippen molar-refractivity contribution in [2.75, 3.05) is 92.1 Å². The molecule has 4 heterocycles. The molecule has 0 saturated carbocycles. The topological polar surface area (TPSA) is 236 Å². The molecule has 6 N–H and O–H groups in total. The van der Waals surface area contributed by atoms with Crippen molar-refractivity contribution in [2.24, 2.45) is 0 Å². The third-order valence-electron chi connectivity index (χ3n) is 18.1. The Kier molecular flexibility index (Phi) is 25.3. The van der Waals surface area contributed by atoms with Crippen molar-refractivity contribution < 1.29 is 54.8 Å². The lowest BCUT2D eigenvalue weighted by atomic mass is 9.82. The van der Waals surface area contributed by atoms with Gasteiger partial charge in [0.2, 0.25) is 20.0 Å². The maximum Gasteiger partial charge on any atom is 0.314 e. The Morgan fingerprint density at radius 3 is 1.27 bits per heavy atom. The van der Waals surface area contributed by atoms with Gasteiger partial charge in [-0.15, -0.1) is 0 Å². The molecule has 4 saturated heterocycles. The van der Waals surface area contributed by atoms with E-state index in [9.17, 15) is 26.4 Å². The van der Waals surface area contributed by atoms with Crippen LogP contribution in [-0.2, 0) is 51.8 Å². The van der Waals surface area contributed by atoms with Crippen molar-refractivity contribution in [1.82, 2.24) is 40.5 Å². The summed E-state index contributed by atoms with van der Waals surface area (Å²) in [5.41, 5.74) is 4.06. The number of amides is 4. The van der Waals surface area contributed by atoms with E-state index in [1.54, 1.807) is 60.7 Å². The quantitative estimate of drug-likeness (QED) is 0.0244. The molecule has 0 aromatic heterocycles. The standard InChI is InChI=1S/C64H86Cl4N8O12S2/c65-43-36-55-53(57(67)38-43)41-59(75-45-8-3-9-46(75)11-4-10-45)61(55)87-49-18-20-51(21-19-49)89(79,80)73-26-30-85-34-32-83-28-24-71-63(77)69-22-1-2-23-70-64(78)72-25-29-84-33-35-86-31-27-74-90(81,82)52-17-7-16-50(40-52)88-62-56-37-44(66)39-58(68)54(56)42-60(62)76-47-12-5-13-48(76)15-6-14-47/h7,16-21,36-40,45-48,59-62,73-74H,1-6,8-15,22-35,41-42H2,(H2,69,71,77)(H2,70,72,78)/t45?,46?,47?,48?,59-,60-,61-,62-/m0/s1. The summed E-state index contributed by atoms with van der Waals surface area (Å²) >= 11 is 26.5. The molecule has 4 bridgehead atoms. The molecule has 20 nitrogen and oxygen atoms in total. The number of rotatable bonds is 33. The predicted octanol–water partition coefficient (Wildman–Crippen LogP) is 9.91. The fraction of sp³-hybridized carbons (Fsp3) is 0.594. The van der Waals surface area contributed by atoms with E-state index < -0.39 is 20.0 Å². The highest BCUT2D eigenvalue weighted by Gasteiger charge is 2.48. The number of nitrogens with zero attached hydrogens (tertiary/aromatic N) is 2. The summed E-state index contributed by atoms with van der Waals surface area (Å²) < 4.78 is 93.9. The predicted molar refractivity (Wildman–Crippen MR) is 347 cm³/mol. The molecule has 4 aromatic rings. The summed E-state index contributed by atoms with van der Waals surface area (Å²) in [4.78, 5) is 30.0. The van der Waals surface area contributed by atoms with Crippen LogP contribution in [0.4, 0.5) is 9.59 Å². The second-order valence-corrected chi connectivity index (χ2v) is 29.2. The van der Waals surface area contributed by atoms with Gasteiger partial charge in [0.25, 0.3) is 0 Å². The van der Waals surface area contributed by atoms with Crippen molar-refractivity contribution in [2.45, 2.75) is 161 Å². The number of piperidine rings is 4. The summed E-state index contributed by atoms with van der Waals surface area (Å²) in [7, 11) is -7.68. The van der Waals surface area contributed by atoms with E-state index in [0.717, 1.165) is 35.1 Å². The van der Waals surface area contributed by atoms with Crippen LogP contribution in [0.2, 0.25) is 20.1 Å². The van der Waals surface area contributed by atoms with Gasteiger partial charge in [-0.3, -0.25) is 9.80 Å². The van der Waals surface area contributed by atoms with Crippen molar-refractivity contribution in [3.8, 4) is 11.5 Å². The molecule has 10 rings (SSSR count). The maximum absolute atomic E-state index is 13.4. The number of carbonyl (C=O) groups excluding carboxylic acids is 2. The van der Waals surface area contributed by atoms with Crippen LogP contribution in [0.25, 0.3) is 0 Å². The first-order valence-electron chi connectivity index (χ1n) is 32.0. The smallest absolute Gasteiger partial charge is 0.314 e. The SMILES string of the molecule is O=C(NCCCCNC(=O)NCCOCCOCCNS(=O)(=O)c1cccc(O[C@H]2c3cc(Cl)cc(Cl)c3C[C@@H]2N2C3CCCC2CCC3)c1)NCCOCCOCCNS(=O)(=O)c1ccc(O[C@H]2c3cc(Cl)cc(Cl)c3C[C@@H]2N2C3CCCC2CCC3)cc1. The molecule has 26 heteroatoms. The molecule has 4 aromatic carbocycles. The normalized spacial score (nSPS) is 23.2. The van der Waals surface area contributed by atoms with Gasteiger partial charge in [-0.2, -0.15) is 0 Å². The van der Waals surface area contributed by atoms with Crippen LogP contribution in [0.15, 0.2) is 82.6 Å². The largest absolute Gasteiger partial charge is 0.484 e. The summed E-state index contributed by atoms with van der Waals surface area (Å²) in [6.45, 7) is 3.35. The van der Waals surface area contributed by atoms with E-state index in [2.05, 4.69) is 40.5 Å². The highest BCUT2D eigenvalue weighted by atomic mass is 35.5. The fourth-order valence-electron chi connectivity index (χ4n) is 14.1. The number of nitrogens with one attached hydrogen (secondary N) is 6. The van der Waals surface area contributed by atoms with Crippen LogP contribution >= 0.6 is 46.4 Å². The van der Waals surface area contributed by atoms with Gasteiger partial charge in [0, 0.05) is 101 Å². The van der Waals surface area contributed by atoms with E-state index in [4.69, 9.17) is 74.8 Å². The number of ether oxygens (including phenoxy) is 6. The monoisotopic (exact) mass is 1360 g/mol. The van der Waals surface area contributed by atoms with E-state index in [-0.39, 0.29) is 125 Å². The minimum atomic E-state index is -3.87. The highest BCUT2D eigenvalue weighted by Crippen LogP contribution is 2.49. The van der Waals surface area contributed by atoms with Crippen LogP contribution < -0.4 is 40.2 Å². The van der Waals surface area contributed by atoms with Gasteiger partial charge in [0.1, 0.15) is 23.7 Å². The number of carbonyl (C=O) groups is 2. The summed E-state index contributed by atoms with van der Waals surface area (Å²) in [5.74, 6) is 1.02. The van der Waals surface area contributed by atoms with E-state index >= 15 is 0 Å². The van der Waals surface area contributed by atoms with Crippen LogP contribution in [0, 0.1) is 0 Å². The molecule has 4 atom stereocenters. The van der Waals surface area contributed by atoms with Crippen LogP contribution in [0.3, 0.4) is 0 Å². The molecule has 0 unspecified atom stereocenters. The van der Waals surface area contributed by atoms with Crippen molar-refractivity contribution in [1.29, 1.82) is 0 Å². The number of benzene rings is 4. The zero-order valence-electron chi connectivity index (χ0n) is 50.9. The van der Waals surface area contributed by atoms with Gasteiger partial charge in [-0.05, 0) is 149 Å². The summed E-state index contributed by atoms with van der Waals surface area (Å²) in [6, 6.07) is 22.1. The molecule has 494 valence electrons. The number of sulfonamides is 2. The summed E-state index contributed by atoms with van der Waals surface area (Å²) in [6.07, 6.45) is 16.6. The van der Waals surface area contributed by atoms with E-state index in [1.807, 2.05) is 12.1 Å². The number of urea groups is 2. The van der Waals surface area contributed by atoms with Crippen molar-refractivity contribution in [3.05, 3.63) is 115 Å². The third kappa shape index (κ3) is 18.4. The van der Waals surface area contributed by atoms with Gasteiger partial charge in [-0.1, -0.05) is 78.2 Å². The third-order valence-corrected chi connectivity index (χ3v) is 22.2. The molecule has 4 aliphatic heterocycles. The Morgan fingerprint density at radius 2 is 0.833 bits per heavy atom.